The van der Waals surface area contributed by atoms with Crippen molar-refractivity contribution in [2.24, 2.45) is 10.9 Å². The minimum absolute atomic E-state index is 0.0211. The number of aliphatic imine (C=N–C) groups is 1. The summed E-state index contributed by atoms with van der Waals surface area (Å²) in [6.07, 6.45) is -1.89. The molecule has 3 nitrogen and oxygen atoms in total. The van der Waals surface area contributed by atoms with Gasteiger partial charge in [0.2, 0.25) is 0 Å². The van der Waals surface area contributed by atoms with Crippen LogP contribution < -0.4 is 4.90 Å². The van der Waals surface area contributed by atoms with Crippen molar-refractivity contribution in [2.75, 3.05) is 11.4 Å². The van der Waals surface area contributed by atoms with Crippen LogP contribution >= 0.6 is 11.6 Å². The van der Waals surface area contributed by atoms with E-state index in [0.717, 1.165) is 12.1 Å². The lowest BCUT2D eigenvalue weighted by atomic mass is 9.82. The van der Waals surface area contributed by atoms with Gasteiger partial charge >= 0.3 is 6.18 Å². The van der Waals surface area contributed by atoms with Gasteiger partial charge in [-0.3, -0.25) is 4.79 Å². The fourth-order valence-electron chi connectivity index (χ4n) is 3.25. The summed E-state index contributed by atoms with van der Waals surface area (Å²) in [6, 6.07) is 8.96. The van der Waals surface area contributed by atoms with Crippen LogP contribution in [-0.2, 0) is 16.5 Å². The number of alkyl halides is 3. The van der Waals surface area contributed by atoms with E-state index in [1.165, 1.54) is 29.2 Å². The molecule has 1 heterocycles. The van der Waals surface area contributed by atoms with E-state index in [0.29, 0.717) is 5.69 Å². The van der Waals surface area contributed by atoms with E-state index in [4.69, 9.17) is 11.6 Å². The van der Waals surface area contributed by atoms with Crippen LogP contribution in [0.1, 0.15) is 31.4 Å². The molecule has 1 radical (unpaired) electrons. The lowest BCUT2D eigenvalue weighted by Gasteiger charge is -2.28. The van der Waals surface area contributed by atoms with Gasteiger partial charge in [0.25, 0.3) is 0 Å². The van der Waals surface area contributed by atoms with Crippen molar-refractivity contribution in [1.82, 2.24) is 0 Å². The maximum atomic E-state index is 13.6. The second kappa shape index (κ2) is 7.78. The Morgan fingerprint density at radius 2 is 2.00 bits per heavy atom. The first-order chi connectivity index (χ1) is 13.5. The first-order valence-corrected chi connectivity index (χ1v) is 9.32. The summed E-state index contributed by atoms with van der Waals surface area (Å²) in [7, 11) is 0. The van der Waals surface area contributed by atoms with Crippen molar-refractivity contribution >= 4 is 29.4 Å². The Hall–Kier alpha value is -2.41. The van der Waals surface area contributed by atoms with Gasteiger partial charge in [-0.15, -0.1) is 0 Å². The third-order valence-electron chi connectivity index (χ3n) is 4.67. The summed E-state index contributed by atoms with van der Waals surface area (Å²) in [4.78, 5) is 18.8. The Labute approximate surface area is 171 Å². The standard InChI is InChI=1S/C21H18ClF4N2O/c1-13(2)8-19(29)20(14-6-7-18(22)17(9-14)21(24,25)26)11-28(12-27-20)16-5-3-4-15(23)10-16/h3-7,9-10,13H,8,11H2,1-2H3. The van der Waals surface area contributed by atoms with Crippen molar-refractivity contribution in [3.63, 3.8) is 0 Å². The van der Waals surface area contributed by atoms with E-state index in [9.17, 15) is 22.4 Å². The molecule has 0 spiro atoms. The zero-order chi connectivity index (χ0) is 21.4. The molecule has 0 aliphatic carbocycles. The molecule has 153 valence electrons. The van der Waals surface area contributed by atoms with Crippen LogP contribution in [0.2, 0.25) is 5.02 Å². The van der Waals surface area contributed by atoms with E-state index in [1.54, 1.807) is 6.07 Å². The number of carbonyl (C=O) groups excluding carboxylic acids is 1. The van der Waals surface area contributed by atoms with Gasteiger partial charge in [-0.05, 0) is 41.8 Å². The monoisotopic (exact) mass is 425 g/mol. The Morgan fingerprint density at radius 1 is 1.28 bits per heavy atom. The minimum Gasteiger partial charge on any atom is -0.320 e. The van der Waals surface area contributed by atoms with Gasteiger partial charge in [0.15, 0.2) is 17.7 Å². The maximum absolute atomic E-state index is 13.6. The predicted molar refractivity (Wildman–Crippen MR) is 104 cm³/mol. The van der Waals surface area contributed by atoms with Crippen LogP contribution in [-0.4, -0.2) is 18.7 Å². The minimum atomic E-state index is -4.68. The molecule has 0 N–H and O–H groups in total. The molecule has 8 heteroatoms. The molecule has 0 saturated carbocycles. The molecule has 29 heavy (non-hydrogen) atoms. The Bertz CT molecular complexity index is 958. The SMILES string of the molecule is CC(C)CC(=O)C1(c2ccc(Cl)c(C(F)(F)F)c2)CN(c2cccc(F)c2)[C]=N1. The molecule has 0 fully saturated rings. The van der Waals surface area contributed by atoms with Gasteiger partial charge in [-0.1, -0.05) is 37.6 Å². The van der Waals surface area contributed by atoms with Crippen molar-refractivity contribution in [3.05, 3.63) is 64.4 Å². The molecule has 1 aliphatic heterocycles. The third-order valence-corrected chi connectivity index (χ3v) is 5.00. The summed E-state index contributed by atoms with van der Waals surface area (Å²) in [5.74, 6) is -0.845. The largest absolute Gasteiger partial charge is 0.417 e. The zero-order valence-corrected chi connectivity index (χ0v) is 16.5. The van der Waals surface area contributed by atoms with Gasteiger partial charge in [0.05, 0.1) is 17.1 Å². The highest BCUT2D eigenvalue weighted by Crippen LogP contribution is 2.41. The van der Waals surface area contributed by atoms with Crippen LogP contribution in [0.5, 0.6) is 0 Å². The van der Waals surface area contributed by atoms with Gasteiger partial charge in [0.1, 0.15) is 5.82 Å². The number of hydrogen-bond acceptors (Lipinski definition) is 3. The lowest BCUT2D eigenvalue weighted by Crippen LogP contribution is -2.40. The van der Waals surface area contributed by atoms with E-state index >= 15 is 0 Å². The number of hydrogen-bond donors (Lipinski definition) is 0. The molecule has 0 saturated heterocycles. The summed E-state index contributed by atoms with van der Waals surface area (Å²) in [5.41, 5.74) is -2.14. The number of benzene rings is 2. The Balaban J connectivity index is 2.08. The predicted octanol–water partition coefficient (Wildman–Crippen LogP) is 5.73. The average molecular weight is 426 g/mol. The number of Topliss-reactive ketones (excluding diaryl/α,β-unsaturated/α-hetero) is 1. The van der Waals surface area contributed by atoms with Gasteiger partial charge in [-0.25, -0.2) is 9.38 Å². The van der Waals surface area contributed by atoms with Gasteiger partial charge in [-0.2, -0.15) is 13.2 Å². The fourth-order valence-corrected chi connectivity index (χ4v) is 3.47. The summed E-state index contributed by atoms with van der Waals surface area (Å²) >= 11 is 5.74. The van der Waals surface area contributed by atoms with E-state index < -0.39 is 28.1 Å². The number of rotatable bonds is 5. The number of nitrogens with zero attached hydrogens (tertiary/aromatic N) is 2. The van der Waals surface area contributed by atoms with Crippen LogP contribution in [0.4, 0.5) is 23.2 Å². The normalized spacial score (nSPS) is 19.2. The average Bonchev–Trinajstić information content (AvgIpc) is 3.07. The molecule has 1 atom stereocenters. The Kier molecular flexibility index (Phi) is 5.72. The van der Waals surface area contributed by atoms with Crippen molar-refractivity contribution in [2.45, 2.75) is 32.0 Å². The molecule has 3 rings (SSSR count). The first kappa shape index (κ1) is 21.3. The topological polar surface area (TPSA) is 32.7 Å². The van der Waals surface area contributed by atoms with E-state index in [-0.39, 0.29) is 30.2 Å². The maximum Gasteiger partial charge on any atom is 0.417 e. The van der Waals surface area contributed by atoms with Crippen LogP contribution in [0.15, 0.2) is 47.5 Å². The van der Waals surface area contributed by atoms with Crippen LogP contribution in [0.3, 0.4) is 0 Å². The lowest BCUT2D eigenvalue weighted by molar-refractivity contribution is -0.137. The van der Waals surface area contributed by atoms with Crippen LogP contribution in [0.25, 0.3) is 0 Å². The third kappa shape index (κ3) is 4.29. The van der Waals surface area contributed by atoms with Crippen LogP contribution in [0, 0.1) is 11.7 Å². The number of ketones is 1. The molecular formula is C21H18ClF4N2O. The van der Waals surface area contributed by atoms with Crippen molar-refractivity contribution in [3.8, 4) is 0 Å². The summed E-state index contributed by atoms with van der Waals surface area (Å²) < 4.78 is 53.7. The summed E-state index contributed by atoms with van der Waals surface area (Å²) in [5, 5.41) is -0.458. The molecule has 0 aromatic heterocycles. The van der Waals surface area contributed by atoms with E-state index in [2.05, 4.69) is 11.3 Å². The van der Waals surface area contributed by atoms with Gasteiger partial charge < -0.3 is 4.90 Å². The highest BCUT2D eigenvalue weighted by molar-refractivity contribution is 6.31. The molecule has 0 amide bonds. The molecule has 2 aromatic rings. The number of anilines is 1. The van der Waals surface area contributed by atoms with E-state index in [1.807, 2.05) is 13.8 Å². The van der Waals surface area contributed by atoms with Crippen molar-refractivity contribution in [1.29, 1.82) is 0 Å². The highest BCUT2D eigenvalue weighted by atomic mass is 35.5. The van der Waals surface area contributed by atoms with Crippen molar-refractivity contribution < 1.29 is 22.4 Å². The molecule has 1 aliphatic rings. The quantitative estimate of drug-likeness (QED) is 0.573. The first-order valence-electron chi connectivity index (χ1n) is 8.94. The Morgan fingerprint density at radius 3 is 2.62 bits per heavy atom. The highest BCUT2D eigenvalue weighted by Gasteiger charge is 2.46. The fraction of sp³-hybridized carbons (Fsp3) is 0.333. The molecule has 1 unspecified atom stereocenters. The molecular weight excluding hydrogens is 408 g/mol. The molecule has 2 aromatic carbocycles. The summed E-state index contributed by atoms with van der Waals surface area (Å²) in [6.45, 7) is 3.59. The van der Waals surface area contributed by atoms with Gasteiger partial charge in [0, 0.05) is 12.1 Å². The smallest absolute Gasteiger partial charge is 0.320 e. The zero-order valence-electron chi connectivity index (χ0n) is 15.7. The number of halogens is 5. The number of carbonyl (C=O) groups is 1. The second-order valence-corrected chi connectivity index (χ2v) is 7.76. The molecule has 0 bridgehead atoms. The second-order valence-electron chi connectivity index (χ2n) is 7.35.